The summed E-state index contributed by atoms with van der Waals surface area (Å²) in [5, 5.41) is 8.77. The summed E-state index contributed by atoms with van der Waals surface area (Å²) in [4.78, 5) is 32.8. The van der Waals surface area contributed by atoms with Gasteiger partial charge >= 0.3 is 0 Å². The Morgan fingerprint density at radius 3 is 2.15 bits per heavy atom. The zero-order chi connectivity index (χ0) is 24.3. The van der Waals surface area contributed by atoms with E-state index < -0.39 is 11.8 Å². The van der Waals surface area contributed by atoms with Crippen LogP contribution in [0.2, 0.25) is 0 Å². The molecule has 0 saturated carbocycles. The highest BCUT2D eigenvalue weighted by atomic mass is 16.2. The van der Waals surface area contributed by atoms with Gasteiger partial charge in [0, 0.05) is 18.4 Å². The smallest absolute Gasteiger partial charge is 0.274 e. The quantitative estimate of drug-likeness (QED) is 0.393. The fourth-order valence-electron chi connectivity index (χ4n) is 3.24. The van der Waals surface area contributed by atoms with Gasteiger partial charge in [-0.05, 0) is 48.4 Å². The number of amides is 2. The lowest BCUT2D eigenvalue weighted by molar-refractivity contribution is -0.413. The highest BCUT2D eigenvalue weighted by Gasteiger charge is 2.14. The Bertz CT molecular complexity index is 1250. The summed E-state index contributed by atoms with van der Waals surface area (Å²) < 4.78 is 0. The summed E-state index contributed by atoms with van der Waals surface area (Å²) in [7, 11) is 3.59. The van der Waals surface area contributed by atoms with Crippen LogP contribution in [0.5, 0.6) is 0 Å². The molecule has 0 aliphatic heterocycles. The summed E-state index contributed by atoms with van der Waals surface area (Å²) in [6, 6.07) is 22.2. The second-order valence-electron chi connectivity index (χ2n) is 7.42. The highest BCUT2D eigenvalue weighted by molar-refractivity contribution is 6.00. The maximum absolute atomic E-state index is 12.8. The monoisotopic (exact) mass is 454 g/mol. The number of aromatic nitrogens is 1. The largest absolute Gasteiger partial charge is 0.388 e. The van der Waals surface area contributed by atoms with Crippen molar-refractivity contribution in [2.24, 2.45) is 0 Å². The van der Waals surface area contributed by atoms with E-state index in [0.29, 0.717) is 11.4 Å². The Hall–Kier alpha value is -4.52. The van der Waals surface area contributed by atoms with Gasteiger partial charge < -0.3 is 16.0 Å². The van der Waals surface area contributed by atoms with Gasteiger partial charge in [-0.3, -0.25) is 9.59 Å². The second-order valence-corrected chi connectivity index (χ2v) is 7.42. The van der Waals surface area contributed by atoms with Crippen LogP contribution in [-0.2, 0) is 0 Å². The Balaban J connectivity index is 1.74. The van der Waals surface area contributed by atoms with E-state index in [1.807, 2.05) is 73.8 Å². The predicted octanol–water partition coefficient (Wildman–Crippen LogP) is 2.47. The molecular weight excluding hydrogens is 426 g/mol. The summed E-state index contributed by atoms with van der Waals surface area (Å²) in [6.07, 6.45) is 5.38. The summed E-state index contributed by atoms with van der Waals surface area (Å²) in [5.41, 5.74) is 4.34. The SMILES string of the molecule is CNc1ccccc1/C=C(\C)NC(=O)c1cccc(C(=O)N/C(C=[NH+]C)=C/c2ccccc2)n1. The molecule has 2 amide bonds. The van der Waals surface area contributed by atoms with E-state index >= 15 is 0 Å². The van der Waals surface area contributed by atoms with Crippen LogP contribution < -0.4 is 20.9 Å². The van der Waals surface area contributed by atoms with E-state index in [4.69, 9.17) is 0 Å². The third-order valence-corrected chi connectivity index (χ3v) is 4.81. The van der Waals surface area contributed by atoms with Crippen molar-refractivity contribution in [1.82, 2.24) is 15.6 Å². The molecule has 0 spiro atoms. The van der Waals surface area contributed by atoms with Gasteiger partial charge in [0.1, 0.15) is 24.1 Å². The molecule has 0 aliphatic rings. The molecule has 0 radical (unpaired) electrons. The normalized spacial score (nSPS) is 11.9. The minimum absolute atomic E-state index is 0.137. The molecule has 0 saturated heterocycles. The van der Waals surface area contributed by atoms with Crippen LogP contribution in [0.3, 0.4) is 0 Å². The number of rotatable bonds is 8. The van der Waals surface area contributed by atoms with Gasteiger partial charge in [0.15, 0.2) is 6.21 Å². The van der Waals surface area contributed by atoms with E-state index in [9.17, 15) is 9.59 Å². The maximum Gasteiger partial charge on any atom is 0.274 e. The molecule has 34 heavy (non-hydrogen) atoms. The summed E-state index contributed by atoms with van der Waals surface area (Å²) in [6.45, 7) is 1.80. The van der Waals surface area contributed by atoms with Gasteiger partial charge in [-0.1, -0.05) is 54.6 Å². The number of carbonyl (C=O) groups excluding carboxylic acids is 2. The standard InChI is InChI=1S/C27H27N5O2/c1-19(16-21-12-7-8-13-23(21)29-3)30-26(33)24-14-9-15-25(32-24)27(34)31-22(18-28-2)17-20-10-5-4-6-11-20/h4-18,29H,1-3H3,(H,30,33)(H,31,34)/p+1/b19-16+,22-17+,28-18?. The third-order valence-electron chi connectivity index (χ3n) is 4.81. The molecular formula is C27H28N5O2+. The first kappa shape index (κ1) is 24.1. The Labute approximate surface area is 199 Å². The summed E-state index contributed by atoms with van der Waals surface area (Å²) >= 11 is 0. The second kappa shape index (κ2) is 11.9. The van der Waals surface area contributed by atoms with E-state index in [1.165, 1.54) is 0 Å². The predicted molar refractivity (Wildman–Crippen MR) is 136 cm³/mol. The van der Waals surface area contributed by atoms with Crippen LogP contribution in [0.1, 0.15) is 39.0 Å². The minimum Gasteiger partial charge on any atom is -0.388 e. The Morgan fingerprint density at radius 1 is 0.824 bits per heavy atom. The fraction of sp³-hybridized carbons (Fsp3) is 0.111. The molecule has 172 valence electrons. The number of benzene rings is 2. The molecule has 1 aromatic heterocycles. The number of hydrogen-bond donors (Lipinski definition) is 4. The number of hydrogen-bond acceptors (Lipinski definition) is 4. The number of nitrogens with zero attached hydrogens (tertiary/aromatic N) is 1. The van der Waals surface area contributed by atoms with Gasteiger partial charge in [-0.2, -0.15) is 0 Å². The summed E-state index contributed by atoms with van der Waals surface area (Å²) in [5.74, 6) is -0.814. The molecule has 3 rings (SSSR count). The average Bonchev–Trinajstić information content (AvgIpc) is 2.85. The van der Waals surface area contributed by atoms with Crippen molar-refractivity contribution in [2.75, 3.05) is 19.4 Å². The molecule has 2 aromatic carbocycles. The van der Waals surface area contributed by atoms with E-state index in [-0.39, 0.29) is 11.4 Å². The first-order chi connectivity index (χ1) is 16.5. The van der Waals surface area contributed by atoms with Crippen molar-refractivity contribution in [3.8, 4) is 0 Å². The number of allylic oxidation sites excluding steroid dienone is 2. The van der Waals surface area contributed by atoms with E-state index in [2.05, 4.69) is 25.9 Å². The Morgan fingerprint density at radius 2 is 1.47 bits per heavy atom. The lowest BCUT2D eigenvalue weighted by Crippen LogP contribution is -2.64. The first-order valence-electron chi connectivity index (χ1n) is 10.8. The minimum atomic E-state index is -0.418. The molecule has 7 heteroatoms. The number of anilines is 1. The van der Waals surface area contributed by atoms with Crippen LogP contribution in [-0.4, -0.2) is 37.1 Å². The molecule has 0 unspecified atom stereocenters. The van der Waals surface area contributed by atoms with Crippen LogP contribution in [0, 0.1) is 0 Å². The lowest BCUT2D eigenvalue weighted by atomic mass is 10.1. The molecule has 0 fully saturated rings. The Kier molecular flexibility index (Phi) is 8.46. The number of carbonyl (C=O) groups is 2. The fourth-order valence-corrected chi connectivity index (χ4v) is 3.24. The van der Waals surface area contributed by atoms with Crippen LogP contribution in [0.25, 0.3) is 12.2 Å². The zero-order valence-electron chi connectivity index (χ0n) is 19.4. The highest BCUT2D eigenvalue weighted by Crippen LogP contribution is 2.17. The van der Waals surface area contributed by atoms with Gasteiger partial charge in [-0.25, -0.2) is 9.98 Å². The number of para-hydroxylation sites is 1. The molecule has 0 aliphatic carbocycles. The topological polar surface area (TPSA) is 97.1 Å². The van der Waals surface area contributed by atoms with Crippen LogP contribution >= 0.6 is 0 Å². The van der Waals surface area contributed by atoms with E-state index in [0.717, 1.165) is 16.8 Å². The van der Waals surface area contributed by atoms with Crippen molar-refractivity contribution < 1.29 is 14.6 Å². The van der Waals surface area contributed by atoms with E-state index in [1.54, 1.807) is 38.4 Å². The van der Waals surface area contributed by atoms with Gasteiger partial charge in [0.25, 0.3) is 11.8 Å². The zero-order valence-corrected chi connectivity index (χ0v) is 19.4. The first-order valence-corrected chi connectivity index (χ1v) is 10.8. The number of nitrogens with one attached hydrogen (secondary N) is 4. The average molecular weight is 455 g/mol. The van der Waals surface area contributed by atoms with Crippen molar-refractivity contribution in [2.45, 2.75) is 6.92 Å². The lowest BCUT2D eigenvalue weighted by Gasteiger charge is -2.09. The van der Waals surface area contributed by atoms with Crippen molar-refractivity contribution in [3.63, 3.8) is 0 Å². The molecule has 0 atom stereocenters. The van der Waals surface area contributed by atoms with Gasteiger partial charge in [-0.15, -0.1) is 0 Å². The third kappa shape index (κ3) is 6.74. The van der Waals surface area contributed by atoms with Crippen molar-refractivity contribution in [3.05, 3.63) is 107 Å². The molecule has 4 N–H and O–H groups in total. The molecule has 7 nitrogen and oxygen atoms in total. The molecule has 0 bridgehead atoms. The van der Waals surface area contributed by atoms with Gasteiger partial charge in [0.05, 0.1) is 0 Å². The van der Waals surface area contributed by atoms with Gasteiger partial charge in [0.2, 0.25) is 0 Å². The van der Waals surface area contributed by atoms with Crippen molar-refractivity contribution >= 4 is 35.9 Å². The molecule has 3 aromatic rings. The van der Waals surface area contributed by atoms with Crippen molar-refractivity contribution in [1.29, 1.82) is 0 Å². The maximum atomic E-state index is 12.8. The van der Waals surface area contributed by atoms with Crippen LogP contribution in [0.4, 0.5) is 5.69 Å². The van der Waals surface area contributed by atoms with Crippen LogP contribution in [0.15, 0.2) is 84.2 Å². The number of pyridine rings is 1. The molecule has 1 heterocycles.